The molecule has 1 fully saturated rings. The molecule has 2 heterocycles. The number of benzene rings is 1. The van der Waals surface area contributed by atoms with Crippen LogP contribution >= 0.6 is 0 Å². The Hall–Kier alpha value is -1.83. The van der Waals surface area contributed by atoms with Gasteiger partial charge in [-0.25, -0.2) is 8.78 Å². The second-order valence-electron chi connectivity index (χ2n) is 7.19. The number of halogens is 2. The summed E-state index contributed by atoms with van der Waals surface area (Å²) in [7, 11) is 0. The van der Waals surface area contributed by atoms with Crippen molar-refractivity contribution in [2.24, 2.45) is 0 Å². The van der Waals surface area contributed by atoms with Crippen LogP contribution in [0.25, 0.3) is 0 Å². The number of aliphatic hydroxyl groups excluding tert-OH is 1. The van der Waals surface area contributed by atoms with E-state index in [-0.39, 0.29) is 12.6 Å². The van der Waals surface area contributed by atoms with E-state index >= 15 is 0 Å². The highest BCUT2D eigenvalue weighted by Gasteiger charge is 2.27. The van der Waals surface area contributed by atoms with Gasteiger partial charge in [0.25, 0.3) is 0 Å². The molecule has 148 valence electrons. The first-order chi connectivity index (χ1) is 13.0. The minimum absolute atomic E-state index is 0.111. The summed E-state index contributed by atoms with van der Waals surface area (Å²) >= 11 is 0. The fourth-order valence-corrected chi connectivity index (χ4v) is 3.80. The molecule has 0 amide bonds. The molecular weight excluding hydrogens is 350 g/mol. The van der Waals surface area contributed by atoms with Crippen LogP contribution in [0.15, 0.2) is 24.4 Å². The largest absolute Gasteiger partial charge is 0.396 e. The fraction of sp³-hybridized carbons (Fsp3) is 0.550. The zero-order valence-corrected chi connectivity index (χ0v) is 16.0. The maximum absolute atomic E-state index is 13.5. The number of aromatic nitrogens is 2. The molecule has 1 N–H and O–H groups in total. The van der Waals surface area contributed by atoms with Crippen molar-refractivity contribution in [1.29, 1.82) is 0 Å². The van der Waals surface area contributed by atoms with Crippen molar-refractivity contribution in [2.45, 2.75) is 45.9 Å². The van der Waals surface area contributed by atoms with E-state index in [0.717, 1.165) is 38.3 Å². The number of rotatable bonds is 7. The quantitative estimate of drug-likeness (QED) is 0.804. The summed E-state index contributed by atoms with van der Waals surface area (Å²) in [6.45, 7) is 9.10. The molecule has 5 nitrogen and oxygen atoms in total. The van der Waals surface area contributed by atoms with Crippen molar-refractivity contribution in [3.8, 4) is 0 Å². The second kappa shape index (κ2) is 8.91. The zero-order chi connectivity index (χ0) is 19.4. The minimum Gasteiger partial charge on any atom is -0.396 e. The topological polar surface area (TPSA) is 44.5 Å². The molecule has 1 aromatic carbocycles. The molecule has 0 unspecified atom stereocenters. The fourth-order valence-electron chi connectivity index (χ4n) is 3.80. The van der Waals surface area contributed by atoms with Crippen LogP contribution in [-0.2, 0) is 19.6 Å². The van der Waals surface area contributed by atoms with E-state index in [1.165, 1.54) is 23.4 Å². The monoisotopic (exact) mass is 378 g/mol. The van der Waals surface area contributed by atoms with Crippen LogP contribution in [0.5, 0.6) is 0 Å². The normalized spacial score (nSPS) is 18.9. The molecule has 27 heavy (non-hydrogen) atoms. The average molecular weight is 378 g/mol. The maximum Gasteiger partial charge on any atom is 0.159 e. The van der Waals surface area contributed by atoms with Gasteiger partial charge in [0, 0.05) is 63.2 Å². The van der Waals surface area contributed by atoms with Gasteiger partial charge >= 0.3 is 0 Å². The Morgan fingerprint density at radius 2 is 2.00 bits per heavy atom. The van der Waals surface area contributed by atoms with Crippen LogP contribution in [0.1, 0.15) is 30.2 Å². The van der Waals surface area contributed by atoms with Gasteiger partial charge in [0.05, 0.1) is 6.20 Å². The summed E-state index contributed by atoms with van der Waals surface area (Å²) in [6.07, 6.45) is 2.60. The summed E-state index contributed by atoms with van der Waals surface area (Å²) in [6, 6.07) is 4.25. The summed E-state index contributed by atoms with van der Waals surface area (Å²) < 4.78 is 28.7. The van der Waals surface area contributed by atoms with Crippen molar-refractivity contribution in [3.05, 3.63) is 52.9 Å². The molecule has 1 aromatic heterocycles. The molecule has 1 saturated heterocycles. The molecule has 2 aromatic rings. The lowest BCUT2D eigenvalue weighted by molar-refractivity contribution is 0.0498. The van der Waals surface area contributed by atoms with E-state index in [1.807, 2.05) is 10.9 Å². The number of aliphatic hydroxyl groups is 1. The molecule has 0 radical (unpaired) electrons. The number of nitrogens with zero attached hydrogens (tertiary/aromatic N) is 4. The lowest BCUT2D eigenvalue weighted by atomic mass is 10.1. The van der Waals surface area contributed by atoms with Gasteiger partial charge in [-0.1, -0.05) is 6.07 Å². The van der Waals surface area contributed by atoms with E-state index in [9.17, 15) is 13.9 Å². The standard InChI is InChI=1S/C20H28F2N4O/c1-3-26-15(2)17(11-23-26)13-24-7-8-25(18(14-24)6-9-27)12-16-4-5-19(21)20(22)10-16/h4-5,10-11,18,27H,3,6-9,12-14H2,1-2H3/t18-/m1/s1. The maximum atomic E-state index is 13.5. The summed E-state index contributed by atoms with van der Waals surface area (Å²) in [5.41, 5.74) is 3.18. The molecule has 0 spiro atoms. The first-order valence-corrected chi connectivity index (χ1v) is 9.54. The molecule has 1 atom stereocenters. The molecule has 3 rings (SSSR count). The number of hydrogen-bond acceptors (Lipinski definition) is 4. The van der Waals surface area contributed by atoms with E-state index < -0.39 is 11.6 Å². The third-order valence-corrected chi connectivity index (χ3v) is 5.42. The van der Waals surface area contributed by atoms with Gasteiger partial charge in [0.2, 0.25) is 0 Å². The number of aryl methyl sites for hydroxylation is 1. The van der Waals surface area contributed by atoms with E-state index in [1.54, 1.807) is 6.07 Å². The molecular formula is C20H28F2N4O. The molecule has 0 aliphatic carbocycles. The molecule has 0 bridgehead atoms. The Labute approximate surface area is 159 Å². The van der Waals surface area contributed by atoms with Crippen LogP contribution < -0.4 is 0 Å². The van der Waals surface area contributed by atoms with E-state index in [2.05, 4.69) is 28.7 Å². The first-order valence-electron chi connectivity index (χ1n) is 9.54. The highest BCUT2D eigenvalue weighted by molar-refractivity contribution is 5.18. The zero-order valence-electron chi connectivity index (χ0n) is 16.0. The van der Waals surface area contributed by atoms with Crippen molar-refractivity contribution >= 4 is 0 Å². The van der Waals surface area contributed by atoms with Gasteiger partial charge in [-0.15, -0.1) is 0 Å². The summed E-state index contributed by atoms with van der Waals surface area (Å²) in [4.78, 5) is 4.63. The molecule has 0 saturated carbocycles. The Morgan fingerprint density at radius 1 is 1.19 bits per heavy atom. The van der Waals surface area contributed by atoms with Gasteiger partial charge in [-0.3, -0.25) is 14.5 Å². The highest BCUT2D eigenvalue weighted by Crippen LogP contribution is 2.20. The van der Waals surface area contributed by atoms with E-state index in [0.29, 0.717) is 13.0 Å². The van der Waals surface area contributed by atoms with Crippen LogP contribution in [0.3, 0.4) is 0 Å². The third-order valence-electron chi connectivity index (χ3n) is 5.42. The highest BCUT2D eigenvalue weighted by atomic mass is 19.2. The van der Waals surface area contributed by atoms with Crippen LogP contribution in [-0.4, -0.2) is 57.0 Å². The van der Waals surface area contributed by atoms with Gasteiger partial charge in [-0.05, 0) is 38.0 Å². The van der Waals surface area contributed by atoms with Crippen LogP contribution in [0.4, 0.5) is 8.78 Å². The predicted octanol–water partition coefficient (Wildman–Crippen LogP) is 2.56. The van der Waals surface area contributed by atoms with Crippen LogP contribution in [0, 0.1) is 18.6 Å². The smallest absolute Gasteiger partial charge is 0.159 e. The van der Waals surface area contributed by atoms with Gasteiger partial charge in [0.1, 0.15) is 0 Å². The Morgan fingerprint density at radius 3 is 2.67 bits per heavy atom. The Bertz CT molecular complexity index is 764. The van der Waals surface area contributed by atoms with E-state index in [4.69, 9.17) is 0 Å². The first kappa shape index (κ1) is 19.9. The lowest BCUT2D eigenvalue weighted by Gasteiger charge is -2.41. The van der Waals surface area contributed by atoms with Gasteiger partial charge in [-0.2, -0.15) is 5.10 Å². The minimum atomic E-state index is -0.821. The summed E-state index contributed by atoms with van der Waals surface area (Å²) in [5.74, 6) is -1.63. The Kier molecular flexibility index (Phi) is 6.57. The van der Waals surface area contributed by atoms with Crippen molar-refractivity contribution in [1.82, 2.24) is 19.6 Å². The van der Waals surface area contributed by atoms with Gasteiger partial charge < -0.3 is 5.11 Å². The SMILES string of the molecule is CCn1ncc(CN2CCN(Cc3ccc(F)c(F)c3)[C@H](CCO)C2)c1C. The predicted molar refractivity (Wildman–Crippen MR) is 100 cm³/mol. The van der Waals surface area contributed by atoms with Crippen LogP contribution in [0.2, 0.25) is 0 Å². The second-order valence-corrected chi connectivity index (χ2v) is 7.19. The van der Waals surface area contributed by atoms with Crippen molar-refractivity contribution in [2.75, 3.05) is 26.2 Å². The van der Waals surface area contributed by atoms with Crippen molar-refractivity contribution in [3.63, 3.8) is 0 Å². The molecule has 7 heteroatoms. The van der Waals surface area contributed by atoms with Crippen molar-refractivity contribution < 1.29 is 13.9 Å². The average Bonchev–Trinajstić information content (AvgIpc) is 3.00. The van der Waals surface area contributed by atoms with Gasteiger partial charge in [0.15, 0.2) is 11.6 Å². The number of hydrogen-bond donors (Lipinski definition) is 1. The number of piperazine rings is 1. The lowest BCUT2D eigenvalue weighted by Crippen LogP contribution is -2.52. The third kappa shape index (κ3) is 4.72. The molecule has 1 aliphatic rings. The Balaban J connectivity index is 1.65. The summed E-state index contributed by atoms with van der Waals surface area (Å²) in [5, 5.41) is 13.9. The molecule has 1 aliphatic heterocycles.